The molecule has 0 radical (unpaired) electrons. The van der Waals surface area contributed by atoms with Crippen molar-refractivity contribution >= 4 is 35.0 Å². The number of aryl methyl sites for hydroxylation is 1. The lowest BCUT2D eigenvalue weighted by atomic mass is 9.93. The summed E-state index contributed by atoms with van der Waals surface area (Å²) in [7, 11) is 0. The van der Waals surface area contributed by atoms with Gasteiger partial charge >= 0.3 is 5.97 Å². The van der Waals surface area contributed by atoms with Crippen LogP contribution in [0.2, 0.25) is 5.02 Å². The third-order valence-electron chi connectivity index (χ3n) is 5.57. The molecular weight excluding hydrogens is 446 g/mol. The summed E-state index contributed by atoms with van der Waals surface area (Å²) in [6, 6.07) is 9.34. The topological polar surface area (TPSA) is 90.1 Å². The van der Waals surface area contributed by atoms with Crippen LogP contribution < -0.4 is 0 Å². The van der Waals surface area contributed by atoms with Gasteiger partial charge in [0.1, 0.15) is 5.75 Å². The number of aliphatic carboxylic acids is 1. The van der Waals surface area contributed by atoms with Gasteiger partial charge in [-0.25, -0.2) is 0 Å². The van der Waals surface area contributed by atoms with Crippen molar-refractivity contribution in [1.82, 2.24) is 0 Å². The minimum atomic E-state index is -0.863. The fourth-order valence-electron chi connectivity index (χ4n) is 3.63. The summed E-state index contributed by atoms with van der Waals surface area (Å²) in [5, 5.41) is 33.0. The minimum Gasteiger partial charge on any atom is -0.507 e. The zero-order valence-corrected chi connectivity index (χ0v) is 20.5. The molecule has 0 spiro atoms. The molecule has 0 amide bonds. The van der Waals surface area contributed by atoms with Crippen molar-refractivity contribution in [3.05, 3.63) is 57.6 Å². The Kier molecular flexibility index (Phi) is 10.4. The average molecular weight is 478 g/mol. The van der Waals surface area contributed by atoms with Gasteiger partial charge in [-0.05, 0) is 79.7 Å². The molecule has 1 atom stereocenters. The van der Waals surface area contributed by atoms with Crippen LogP contribution in [-0.2, 0) is 17.6 Å². The second kappa shape index (κ2) is 12.8. The summed E-state index contributed by atoms with van der Waals surface area (Å²) in [6.45, 7) is 5.63. The van der Waals surface area contributed by atoms with E-state index in [4.69, 9.17) is 16.7 Å². The minimum absolute atomic E-state index is 0.232. The summed E-state index contributed by atoms with van der Waals surface area (Å²) in [4.78, 5) is 12.1. The first kappa shape index (κ1) is 26.1. The summed E-state index contributed by atoms with van der Waals surface area (Å²) < 4.78 is 0. The maximum absolute atomic E-state index is 11.1. The number of carboxylic acid groups (broad SMARTS) is 1. The van der Waals surface area contributed by atoms with E-state index in [2.05, 4.69) is 12.1 Å². The van der Waals surface area contributed by atoms with Crippen molar-refractivity contribution in [2.24, 2.45) is 5.16 Å². The molecule has 32 heavy (non-hydrogen) atoms. The van der Waals surface area contributed by atoms with E-state index >= 15 is 0 Å². The van der Waals surface area contributed by atoms with E-state index < -0.39 is 11.9 Å². The van der Waals surface area contributed by atoms with Crippen LogP contribution in [0.5, 0.6) is 5.75 Å². The number of hydrogen-bond donors (Lipinski definition) is 3. The Bertz CT molecular complexity index is 961. The van der Waals surface area contributed by atoms with E-state index in [0.717, 1.165) is 53.9 Å². The van der Waals surface area contributed by atoms with Crippen molar-refractivity contribution in [3.63, 3.8) is 0 Å². The third-order valence-corrected chi connectivity index (χ3v) is 7.16. The van der Waals surface area contributed by atoms with Crippen LogP contribution in [0.1, 0.15) is 74.6 Å². The van der Waals surface area contributed by atoms with Crippen molar-refractivity contribution in [2.45, 2.75) is 70.1 Å². The van der Waals surface area contributed by atoms with Crippen molar-refractivity contribution < 1.29 is 20.2 Å². The number of carbonyl (C=O) groups is 1. The van der Waals surface area contributed by atoms with E-state index in [9.17, 15) is 15.1 Å². The Balaban J connectivity index is 1.96. The molecule has 0 fully saturated rings. The summed E-state index contributed by atoms with van der Waals surface area (Å²) in [6.07, 6.45) is 5.08. The normalized spacial score (nSPS) is 12.7. The predicted molar refractivity (Wildman–Crippen MR) is 132 cm³/mol. The molecule has 5 nitrogen and oxygen atoms in total. The highest BCUT2D eigenvalue weighted by atomic mass is 35.5. The molecule has 174 valence electrons. The lowest BCUT2D eigenvalue weighted by molar-refractivity contribution is -0.138. The number of nitrogens with zero attached hydrogens (tertiary/aromatic N) is 1. The van der Waals surface area contributed by atoms with Gasteiger partial charge in [-0.3, -0.25) is 4.79 Å². The molecule has 1 unspecified atom stereocenters. The molecule has 7 heteroatoms. The number of rotatable bonds is 12. The number of unbranched alkanes of at least 4 members (excludes halogenated alkanes) is 1. The number of aromatic hydroxyl groups is 1. The highest BCUT2D eigenvalue weighted by Crippen LogP contribution is 2.32. The first-order chi connectivity index (χ1) is 15.3. The van der Waals surface area contributed by atoms with Crippen LogP contribution in [-0.4, -0.2) is 32.9 Å². The molecule has 2 aromatic rings. The molecule has 3 N–H and O–H groups in total. The molecular formula is C25H32ClNO4S. The quantitative estimate of drug-likeness (QED) is 0.102. The van der Waals surface area contributed by atoms with Crippen molar-refractivity contribution in [1.29, 1.82) is 0 Å². The Hall–Kier alpha value is -2.18. The Morgan fingerprint density at radius 1 is 1.16 bits per heavy atom. The van der Waals surface area contributed by atoms with Crippen LogP contribution >= 0.6 is 23.4 Å². The van der Waals surface area contributed by atoms with Gasteiger partial charge in [-0.15, -0.1) is 11.8 Å². The van der Waals surface area contributed by atoms with E-state index in [0.29, 0.717) is 28.3 Å². The number of phenols is 1. The highest BCUT2D eigenvalue weighted by molar-refractivity contribution is 7.99. The molecule has 0 saturated heterocycles. The fraction of sp³-hybridized carbons (Fsp3) is 0.440. The van der Waals surface area contributed by atoms with Crippen LogP contribution in [0.3, 0.4) is 0 Å². The fourth-order valence-corrected chi connectivity index (χ4v) is 4.92. The van der Waals surface area contributed by atoms with E-state index in [1.54, 1.807) is 24.8 Å². The number of benzene rings is 2. The van der Waals surface area contributed by atoms with Crippen molar-refractivity contribution in [3.8, 4) is 5.75 Å². The van der Waals surface area contributed by atoms with Crippen LogP contribution in [0.25, 0.3) is 0 Å². The van der Waals surface area contributed by atoms with Gasteiger partial charge in [-0.1, -0.05) is 49.2 Å². The van der Waals surface area contributed by atoms with Gasteiger partial charge in [0.05, 0.1) is 16.7 Å². The standard InChI is InChI=1S/C25H32ClNO4S/c1-4-8-19-17(10-12-20(24(19)28)22(5-2)27-31)9-6-7-14-32-23-13-11-18(15-21(23)26)16(3)25(29)30/h10-13,15-16,28,31H,4-9,14H2,1-3H3,(H,29,30). The molecule has 2 aromatic carbocycles. The summed E-state index contributed by atoms with van der Waals surface area (Å²) in [5.74, 6) is -0.310. The number of hydrogen-bond acceptors (Lipinski definition) is 5. The number of halogens is 1. The van der Waals surface area contributed by atoms with Gasteiger partial charge in [-0.2, -0.15) is 0 Å². The van der Waals surface area contributed by atoms with Gasteiger partial charge in [0.2, 0.25) is 0 Å². The van der Waals surface area contributed by atoms with Gasteiger partial charge in [0.15, 0.2) is 0 Å². The Labute approximate surface area is 199 Å². The average Bonchev–Trinajstić information content (AvgIpc) is 2.78. The largest absolute Gasteiger partial charge is 0.507 e. The first-order valence-corrected chi connectivity index (χ1v) is 12.4. The van der Waals surface area contributed by atoms with Crippen molar-refractivity contribution in [2.75, 3.05) is 5.75 Å². The molecule has 0 heterocycles. The molecule has 0 aromatic heterocycles. The van der Waals surface area contributed by atoms with Crippen LogP contribution in [0.15, 0.2) is 40.4 Å². The highest BCUT2D eigenvalue weighted by Gasteiger charge is 2.16. The first-order valence-electron chi connectivity index (χ1n) is 11.0. The third kappa shape index (κ3) is 6.66. The maximum Gasteiger partial charge on any atom is 0.310 e. The predicted octanol–water partition coefficient (Wildman–Crippen LogP) is 6.89. The molecule has 0 saturated carbocycles. The summed E-state index contributed by atoms with van der Waals surface area (Å²) in [5.41, 5.74) is 3.88. The number of thioether (sulfide) groups is 1. The summed E-state index contributed by atoms with van der Waals surface area (Å²) >= 11 is 8.02. The van der Waals surface area contributed by atoms with Crippen LogP contribution in [0, 0.1) is 0 Å². The zero-order valence-electron chi connectivity index (χ0n) is 18.9. The molecule has 0 aliphatic rings. The zero-order chi connectivity index (χ0) is 23.7. The lowest BCUT2D eigenvalue weighted by Gasteiger charge is -2.15. The number of carboxylic acids is 1. The Morgan fingerprint density at radius 2 is 1.91 bits per heavy atom. The van der Waals surface area contributed by atoms with Crippen LogP contribution in [0.4, 0.5) is 0 Å². The second-order valence-electron chi connectivity index (χ2n) is 7.81. The Morgan fingerprint density at radius 3 is 2.50 bits per heavy atom. The molecule has 0 aliphatic heterocycles. The molecule has 0 bridgehead atoms. The maximum atomic E-state index is 11.1. The molecule has 0 aliphatic carbocycles. The second-order valence-corrected chi connectivity index (χ2v) is 9.35. The smallest absolute Gasteiger partial charge is 0.310 e. The molecule has 2 rings (SSSR count). The number of phenolic OH excluding ortho intramolecular Hbond substituents is 1. The van der Waals surface area contributed by atoms with E-state index in [1.165, 1.54) is 0 Å². The lowest BCUT2D eigenvalue weighted by Crippen LogP contribution is -2.07. The van der Waals surface area contributed by atoms with Gasteiger partial charge in [0.25, 0.3) is 0 Å². The van der Waals surface area contributed by atoms with Gasteiger partial charge in [0, 0.05) is 10.5 Å². The monoisotopic (exact) mass is 477 g/mol. The SMILES string of the molecule is CCCc1c(CCCCSc2ccc(C(C)C(=O)O)cc2Cl)ccc(C(CC)=NO)c1O. The van der Waals surface area contributed by atoms with E-state index in [1.807, 2.05) is 31.2 Å². The van der Waals surface area contributed by atoms with E-state index in [-0.39, 0.29) is 5.75 Å². The van der Waals surface area contributed by atoms with Gasteiger partial charge < -0.3 is 15.4 Å². The number of oxime groups is 1.